The van der Waals surface area contributed by atoms with Crippen LogP contribution in [0.25, 0.3) is 0 Å². The van der Waals surface area contributed by atoms with Gasteiger partial charge in [0.05, 0.1) is 18.5 Å². The molecule has 0 radical (unpaired) electrons. The van der Waals surface area contributed by atoms with E-state index >= 15 is 0 Å². The molecular weight excluding hydrogens is 444 g/mol. The summed E-state index contributed by atoms with van der Waals surface area (Å²) in [6, 6.07) is 0.583. The van der Waals surface area contributed by atoms with E-state index in [-0.39, 0.29) is 30.3 Å². The van der Waals surface area contributed by atoms with Gasteiger partial charge in [0.2, 0.25) is 15.9 Å². The van der Waals surface area contributed by atoms with Crippen LogP contribution in [-0.4, -0.2) is 97.7 Å². The second-order valence-corrected chi connectivity index (χ2v) is 12.4. The summed E-state index contributed by atoms with van der Waals surface area (Å²) in [6.45, 7) is 8.22. The molecule has 188 valence electrons. The average Bonchev–Trinajstić information content (AvgIpc) is 2.78. The molecule has 31 heavy (non-hydrogen) atoms. The van der Waals surface area contributed by atoms with Crippen LogP contribution in [0.5, 0.6) is 0 Å². The van der Waals surface area contributed by atoms with Gasteiger partial charge in [0.15, 0.2) is 0 Å². The number of hydrogen-bond donors (Lipinski definition) is 3. The molecule has 1 amide bonds. The summed E-state index contributed by atoms with van der Waals surface area (Å²) < 4.78 is 41.7. The zero-order valence-corrected chi connectivity index (χ0v) is 22.0. The van der Waals surface area contributed by atoms with Crippen molar-refractivity contribution in [1.29, 1.82) is 0 Å². The van der Waals surface area contributed by atoms with Crippen LogP contribution in [0.2, 0.25) is 6.04 Å². The molecule has 0 heterocycles. The number of nitrogens with zero attached hydrogens (tertiary/aromatic N) is 1. The van der Waals surface area contributed by atoms with E-state index in [2.05, 4.69) is 4.72 Å². The third-order valence-corrected chi connectivity index (χ3v) is 9.92. The van der Waals surface area contributed by atoms with Crippen LogP contribution in [0.4, 0.5) is 0 Å². The lowest BCUT2D eigenvalue weighted by atomic mass is 10.1. The Labute approximate surface area is 189 Å². The number of rotatable bonds is 16. The largest absolute Gasteiger partial charge is 0.500 e. The first kappa shape index (κ1) is 32.6. The van der Waals surface area contributed by atoms with Gasteiger partial charge >= 0.3 is 8.80 Å². The fourth-order valence-electron chi connectivity index (χ4n) is 2.50. The lowest BCUT2D eigenvalue weighted by molar-refractivity contribution is -0.136. The smallest absolute Gasteiger partial charge is 0.395 e. The van der Waals surface area contributed by atoms with Gasteiger partial charge in [-0.1, -0.05) is 20.8 Å². The molecule has 10 nitrogen and oxygen atoms in total. The minimum absolute atomic E-state index is 0.00519. The minimum Gasteiger partial charge on any atom is -0.395 e. The number of carbonyl (C=O) groups is 1. The third-order valence-electron chi connectivity index (χ3n) is 5.09. The van der Waals surface area contributed by atoms with Crippen LogP contribution in [0.1, 0.15) is 47.0 Å². The molecule has 0 saturated carbocycles. The maximum Gasteiger partial charge on any atom is 0.500 e. The van der Waals surface area contributed by atoms with Crippen LogP contribution in [0.15, 0.2) is 0 Å². The van der Waals surface area contributed by atoms with Crippen molar-refractivity contribution in [2.24, 2.45) is 5.92 Å². The van der Waals surface area contributed by atoms with Crippen molar-refractivity contribution in [3.8, 4) is 0 Å². The summed E-state index contributed by atoms with van der Waals surface area (Å²) in [6.07, 6.45) is 2.01. The Hall–Kier alpha value is -0.603. The highest BCUT2D eigenvalue weighted by atomic mass is 32.2. The van der Waals surface area contributed by atoms with Crippen molar-refractivity contribution in [2.45, 2.75) is 58.3 Å². The van der Waals surface area contributed by atoms with Crippen molar-refractivity contribution in [3.63, 3.8) is 0 Å². The Morgan fingerprint density at radius 1 is 1.00 bits per heavy atom. The molecule has 0 saturated heterocycles. The molecular formula is C19H44N2O8SSi. The molecule has 0 bridgehead atoms. The average molecular weight is 489 g/mol. The number of aliphatic hydroxyl groups excluding tert-OH is 2. The first-order chi connectivity index (χ1) is 14.5. The first-order valence-electron chi connectivity index (χ1n) is 10.7. The Morgan fingerprint density at radius 2 is 1.48 bits per heavy atom. The van der Waals surface area contributed by atoms with Gasteiger partial charge in [-0.15, -0.1) is 0 Å². The summed E-state index contributed by atoms with van der Waals surface area (Å²) in [5.41, 5.74) is 0. The summed E-state index contributed by atoms with van der Waals surface area (Å²) in [7, 11) is -1.16. The van der Waals surface area contributed by atoms with Gasteiger partial charge in [-0.3, -0.25) is 4.79 Å². The van der Waals surface area contributed by atoms with E-state index in [1.54, 1.807) is 28.3 Å². The molecule has 0 aromatic heterocycles. The first-order valence-corrected chi connectivity index (χ1v) is 14.2. The Kier molecular flexibility index (Phi) is 18.8. The van der Waals surface area contributed by atoms with Crippen molar-refractivity contribution < 1.29 is 36.7 Å². The molecule has 2 unspecified atom stereocenters. The highest BCUT2D eigenvalue weighted by Crippen LogP contribution is 2.14. The van der Waals surface area contributed by atoms with Crippen molar-refractivity contribution in [1.82, 2.24) is 9.62 Å². The maximum absolute atomic E-state index is 11.7. The summed E-state index contributed by atoms with van der Waals surface area (Å²) in [5, 5.41) is 17.0. The van der Waals surface area contributed by atoms with Gasteiger partial charge in [0, 0.05) is 52.9 Å². The molecule has 2 atom stereocenters. The minimum atomic E-state index is -3.21. The van der Waals surface area contributed by atoms with Crippen molar-refractivity contribution in [3.05, 3.63) is 0 Å². The van der Waals surface area contributed by atoms with Crippen LogP contribution in [0, 0.1) is 5.92 Å². The van der Waals surface area contributed by atoms with E-state index in [4.69, 9.17) is 23.5 Å². The zero-order chi connectivity index (χ0) is 24.5. The predicted octanol–water partition coefficient (Wildman–Crippen LogP) is 0.818. The number of hydrogen-bond acceptors (Lipinski definition) is 8. The van der Waals surface area contributed by atoms with E-state index in [1.807, 2.05) is 20.8 Å². The maximum atomic E-state index is 11.7. The normalized spacial score (nSPS) is 13.8. The Bertz CT molecular complexity index is 547. The summed E-state index contributed by atoms with van der Waals surface area (Å²) in [5.74, 6) is -0.0244. The van der Waals surface area contributed by atoms with E-state index in [0.717, 1.165) is 6.42 Å². The van der Waals surface area contributed by atoms with Gasteiger partial charge in [-0.05, 0) is 26.2 Å². The fraction of sp³-hybridized carbons (Fsp3) is 0.947. The number of sulfonamides is 1. The van der Waals surface area contributed by atoms with Gasteiger partial charge < -0.3 is 28.4 Å². The molecule has 12 heteroatoms. The van der Waals surface area contributed by atoms with Gasteiger partial charge in [0.1, 0.15) is 0 Å². The molecule has 3 N–H and O–H groups in total. The third kappa shape index (κ3) is 12.9. The Balaban J connectivity index is 0. The second kappa shape index (κ2) is 17.9. The fourth-order valence-corrected chi connectivity index (χ4v) is 5.37. The molecule has 0 aliphatic heterocycles. The van der Waals surface area contributed by atoms with Crippen LogP contribution in [-0.2, 0) is 28.1 Å². The second-order valence-electron chi connectivity index (χ2n) is 7.14. The molecule has 0 aromatic carbocycles. The van der Waals surface area contributed by atoms with E-state index in [1.165, 1.54) is 4.90 Å². The Morgan fingerprint density at radius 3 is 1.84 bits per heavy atom. The van der Waals surface area contributed by atoms with Crippen LogP contribution < -0.4 is 4.72 Å². The van der Waals surface area contributed by atoms with E-state index in [0.29, 0.717) is 38.5 Å². The molecule has 0 rings (SSSR count). The van der Waals surface area contributed by atoms with E-state index < -0.39 is 18.8 Å². The van der Waals surface area contributed by atoms with Gasteiger partial charge in [-0.2, -0.15) is 0 Å². The number of carbonyl (C=O) groups excluding carboxylic acids is 1. The zero-order valence-electron chi connectivity index (χ0n) is 20.2. The number of nitrogens with one attached hydrogen (secondary N) is 1. The summed E-state index contributed by atoms with van der Waals surface area (Å²) in [4.78, 5) is 13.1. The van der Waals surface area contributed by atoms with Crippen molar-refractivity contribution in [2.75, 3.05) is 54.2 Å². The van der Waals surface area contributed by atoms with Crippen molar-refractivity contribution >= 4 is 24.7 Å². The SMILES string of the molecule is CCC(C)C(=O)N(CCO)CCO.CCC(C)S(=O)(=O)NCCC[Si](OC)(OC)OC. The standard InChI is InChI=1S/C10H25NO5SSi.C9H19NO3/c1-6-10(2)17(12,13)11-8-7-9-18(14-3,15-4)16-5;1-3-8(2)9(13)10(4-6-11)5-7-12/h10-11H,6-9H2,1-5H3;8,11-12H,3-7H2,1-2H3. The summed E-state index contributed by atoms with van der Waals surface area (Å²) >= 11 is 0. The molecule has 0 aliphatic carbocycles. The monoisotopic (exact) mass is 488 g/mol. The quantitative estimate of drug-likeness (QED) is 0.215. The van der Waals surface area contributed by atoms with Gasteiger partial charge in [0.25, 0.3) is 0 Å². The highest BCUT2D eigenvalue weighted by molar-refractivity contribution is 7.90. The highest BCUT2D eigenvalue weighted by Gasteiger charge is 2.37. The molecule has 0 aliphatic rings. The molecule has 0 aromatic rings. The topological polar surface area (TPSA) is 135 Å². The number of amides is 1. The van der Waals surface area contributed by atoms with E-state index in [9.17, 15) is 13.2 Å². The molecule has 0 spiro atoms. The lowest BCUT2D eigenvalue weighted by Crippen LogP contribution is -2.43. The lowest BCUT2D eigenvalue weighted by Gasteiger charge is -2.24. The van der Waals surface area contributed by atoms with Gasteiger partial charge in [-0.25, -0.2) is 13.1 Å². The number of aliphatic hydroxyl groups is 2. The van der Waals surface area contributed by atoms with Crippen LogP contribution in [0.3, 0.4) is 0 Å². The predicted molar refractivity (Wildman–Crippen MR) is 123 cm³/mol. The van der Waals surface area contributed by atoms with Crippen LogP contribution >= 0.6 is 0 Å². The molecule has 0 fully saturated rings.